The highest BCUT2D eigenvalue weighted by molar-refractivity contribution is 6.34. The van der Waals surface area contributed by atoms with Crippen molar-refractivity contribution in [1.29, 1.82) is 0 Å². The first kappa shape index (κ1) is 18.1. The number of primary amides is 1. The Kier molecular flexibility index (Phi) is 5.32. The molecule has 136 valence electrons. The van der Waals surface area contributed by atoms with Crippen LogP contribution in [0.25, 0.3) is 0 Å². The highest BCUT2D eigenvalue weighted by Crippen LogP contribution is 2.29. The molecule has 0 aliphatic carbocycles. The molecule has 3 rings (SSSR count). The molecule has 2 aromatic rings. The van der Waals surface area contributed by atoms with Gasteiger partial charge in [0.2, 0.25) is 0 Å². The van der Waals surface area contributed by atoms with E-state index in [-0.39, 0.29) is 17.9 Å². The van der Waals surface area contributed by atoms with Gasteiger partial charge in [-0.25, -0.2) is 4.39 Å². The monoisotopic (exact) mass is 355 g/mol. The topological polar surface area (TPSA) is 66.6 Å². The first-order chi connectivity index (χ1) is 12.5. The molecule has 1 aliphatic rings. The van der Waals surface area contributed by atoms with Crippen molar-refractivity contribution in [1.82, 2.24) is 9.80 Å². The van der Waals surface area contributed by atoms with Gasteiger partial charge in [-0.05, 0) is 30.2 Å². The van der Waals surface area contributed by atoms with Crippen LogP contribution in [0.15, 0.2) is 54.6 Å². The van der Waals surface area contributed by atoms with Gasteiger partial charge in [0.15, 0.2) is 0 Å². The van der Waals surface area contributed by atoms with E-state index in [0.29, 0.717) is 13.1 Å². The molecule has 1 heterocycles. The third-order valence-corrected chi connectivity index (χ3v) is 4.82. The van der Waals surface area contributed by atoms with Crippen LogP contribution >= 0.6 is 0 Å². The highest BCUT2D eigenvalue weighted by Gasteiger charge is 2.36. The van der Waals surface area contributed by atoms with E-state index in [1.165, 1.54) is 22.6 Å². The van der Waals surface area contributed by atoms with Crippen molar-refractivity contribution >= 4 is 11.8 Å². The lowest BCUT2D eigenvalue weighted by Crippen LogP contribution is -2.56. The second-order valence-electron chi connectivity index (χ2n) is 6.65. The lowest BCUT2D eigenvalue weighted by molar-refractivity contribution is -0.149. The van der Waals surface area contributed by atoms with Crippen LogP contribution in [0.4, 0.5) is 4.39 Å². The largest absolute Gasteiger partial charge is 0.361 e. The number of benzene rings is 2. The molecule has 6 heteroatoms. The SMILES string of the molecule is C[C@@H]1CN(C(=O)C(N)=O)[C@@H](c2ccc(F)cc2)CN1Cc1ccccc1. The lowest BCUT2D eigenvalue weighted by Gasteiger charge is -2.45. The summed E-state index contributed by atoms with van der Waals surface area (Å²) in [5.41, 5.74) is 7.19. The van der Waals surface area contributed by atoms with Gasteiger partial charge < -0.3 is 10.6 Å². The van der Waals surface area contributed by atoms with Crippen LogP contribution in [-0.4, -0.2) is 40.7 Å². The summed E-state index contributed by atoms with van der Waals surface area (Å²) in [6, 6.07) is 15.8. The molecule has 2 amide bonds. The fourth-order valence-electron chi connectivity index (χ4n) is 3.40. The summed E-state index contributed by atoms with van der Waals surface area (Å²) in [4.78, 5) is 27.5. The van der Waals surface area contributed by atoms with Crippen LogP contribution in [0.3, 0.4) is 0 Å². The molecule has 0 unspecified atom stereocenters. The van der Waals surface area contributed by atoms with E-state index in [1.54, 1.807) is 12.1 Å². The number of nitrogens with zero attached hydrogens (tertiary/aromatic N) is 2. The van der Waals surface area contributed by atoms with E-state index in [4.69, 9.17) is 5.73 Å². The molecule has 5 nitrogen and oxygen atoms in total. The zero-order valence-corrected chi connectivity index (χ0v) is 14.6. The number of nitrogens with two attached hydrogens (primary N) is 1. The summed E-state index contributed by atoms with van der Waals surface area (Å²) in [5.74, 6) is -2.02. The van der Waals surface area contributed by atoms with E-state index >= 15 is 0 Å². The minimum absolute atomic E-state index is 0.0650. The van der Waals surface area contributed by atoms with Gasteiger partial charge in [0.1, 0.15) is 5.82 Å². The molecular formula is C20H22FN3O2. The predicted octanol–water partition coefficient (Wildman–Crippen LogP) is 2.08. The first-order valence-electron chi connectivity index (χ1n) is 8.59. The van der Waals surface area contributed by atoms with Gasteiger partial charge in [-0.3, -0.25) is 14.5 Å². The number of hydrogen-bond donors (Lipinski definition) is 1. The quantitative estimate of drug-likeness (QED) is 0.858. The fraction of sp³-hybridized carbons (Fsp3) is 0.300. The van der Waals surface area contributed by atoms with Crippen molar-refractivity contribution in [2.75, 3.05) is 13.1 Å². The third kappa shape index (κ3) is 3.91. The first-order valence-corrected chi connectivity index (χ1v) is 8.59. The average Bonchev–Trinajstić information content (AvgIpc) is 2.64. The summed E-state index contributed by atoms with van der Waals surface area (Å²) >= 11 is 0. The van der Waals surface area contributed by atoms with E-state index < -0.39 is 11.8 Å². The van der Waals surface area contributed by atoms with Gasteiger partial charge in [-0.1, -0.05) is 42.5 Å². The molecule has 1 saturated heterocycles. The second-order valence-corrected chi connectivity index (χ2v) is 6.65. The Hall–Kier alpha value is -2.73. The zero-order valence-electron chi connectivity index (χ0n) is 14.6. The standard InChI is InChI=1S/C20H22FN3O2/c1-14-11-24(20(26)19(22)25)18(16-7-9-17(21)10-8-16)13-23(14)12-15-5-3-2-4-6-15/h2-10,14,18H,11-13H2,1H3,(H2,22,25)/t14-,18-/m1/s1. The van der Waals surface area contributed by atoms with E-state index in [1.807, 2.05) is 25.1 Å². The Morgan fingerprint density at radius 3 is 2.35 bits per heavy atom. The van der Waals surface area contributed by atoms with Gasteiger partial charge in [-0.2, -0.15) is 0 Å². The maximum absolute atomic E-state index is 13.3. The molecule has 1 aliphatic heterocycles. The highest BCUT2D eigenvalue weighted by atomic mass is 19.1. The molecule has 2 aromatic carbocycles. The molecule has 2 N–H and O–H groups in total. The van der Waals surface area contributed by atoms with Crippen LogP contribution in [0.5, 0.6) is 0 Å². The molecule has 0 aromatic heterocycles. The van der Waals surface area contributed by atoms with Gasteiger partial charge in [0, 0.05) is 25.7 Å². The van der Waals surface area contributed by atoms with Crippen molar-refractivity contribution in [2.45, 2.75) is 25.6 Å². The molecule has 0 spiro atoms. The minimum atomic E-state index is -0.971. The van der Waals surface area contributed by atoms with Crippen LogP contribution < -0.4 is 5.73 Å². The van der Waals surface area contributed by atoms with Gasteiger partial charge in [0.05, 0.1) is 6.04 Å². The minimum Gasteiger partial charge on any atom is -0.361 e. The van der Waals surface area contributed by atoms with Gasteiger partial charge >= 0.3 is 11.8 Å². The molecule has 1 fully saturated rings. The van der Waals surface area contributed by atoms with Crippen molar-refractivity contribution in [3.8, 4) is 0 Å². The molecule has 0 saturated carbocycles. The van der Waals surface area contributed by atoms with Crippen LogP contribution in [0.1, 0.15) is 24.1 Å². The smallest absolute Gasteiger partial charge is 0.312 e. The Balaban J connectivity index is 1.88. The summed E-state index contributed by atoms with van der Waals surface area (Å²) in [7, 11) is 0. The summed E-state index contributed by atoms with van der Waals surface area (Å²) in [6.45, 7) is 3.68. The number of halogens is 1. The van der Waals surface area contributed by atoms with E-state index in [9.17, 15) is 14.0 Å². The van der Waals surface area contributed by atoms with Crippen LogP contribution in [0, 0.1) is 5.82 Å². The predicted molar refractivity (Wildman–Crippen MR) is 96.4 cm³/mol. The summed E-state index contributed by atoms with van der Waals surface area (Å²) in [5, 5.41) is 0. The van der Waals surface area contributed by atoms with Gasteiger partial charge in [-0.15, -0.1) is 0 Å². The normalized spacial score (nSPS) is 20.8. The number of hydrogen-bond acceptors (Lipinski definition) is 3. The van der Waals surface area contributed by atoms with E-state index in [0.717, 1.165) is 12.1 Å². The molecular weight excluding hydrogens is 333 g/mol. The van der Waals surface area contributed by atoms with Crippen molar-refractivity contribution < 1.29 is 14.0 Å². The van der Waals surface area contributed by atoms with Gasteiger partial charge in [0.25, 0.3) is 0 Å². The molecule has 2 atom stereocenters. The Morgan fingerprint density at radius 2 is 1.73 bits per heavy atom. The zero-order chi connectivity index (χ0) is 18.7. The number of rotatable bonds is 3. The third-order valence-electron chi connectivity index (χ3n) is 4.82. The molecule has 0 bridgehead atoms. The van der Waals surface area contributed by atoms with Crippen LogP contribution in [0.2, 0.25) is 0 Å². The second kappa shape index (κ2) is 7.66. The number of amides is 2. The number of carbonyl (C=O) groups is 2. The fourth-order valence-corrected chi connectivity index (χ4v) is 3.40. The van der Waals surface area contributed by atoms with E-state index in [2.05, 4.69) is 17.0 Å². The molecule has 26 heavy (non-hydrogen) atoms. The maximum Gasteiger partial charge on any atom is 0.312 e. The van der Waals surface area contributed by atoms with Crippen molar-refractivity contribution in [2.24, 2.45) is 5.73 Å². The molecule has 0 radical (unpaired) electrons. The van der Waals surface area contributed by atoms with Crippen molar-refractivity contribution in [3.05, 3.63) is 71.5 Å². The summed E-state index contributed by atoms with van der Waals surface area (Å²) in [6.07, 6.45) is 0. The summed E-state index contributed by atoms with van der Waals surface area (Å²) < 4.78 is 13.3. The maximum atomic E-state index is 13.3. The number of piperazine rings is 1. The van der Waals surface area contributed by atoms with Crippen LogP contribution in [-0.2, 0) is 16.1 Å². The average molecular weight is 355 g/mol. The van der Waals surface area contributed by atoms with Crippen molar-refractivity contribution in [3.63, 3.8) is 0 Å². The number of carbonyl (C=O) groups excluding carboxylic acids is 2. The Morgan fingerprint density at radius 1 is 1.08 bits per heavy atom. The Bertz CT molecular complexity index is 779. The Labute approximate surface area is 152 Å². The lowest BCUT2D eigenvalue weighted by atomic mass is 9.98.